The first-order valence-corrected chi connectivity index (χ1v) is 6.45. The SMILES string of the molecule is O=C(OCc1cccc2cccnc12)c1cc(Cl)c[nH]1. The molecule has 0 aliphatic rings. The molecular formula is C15H11ClN2O2. The standard InChI is InChI=1S/C15H11ClN2O2/c16-12-7-13(18-8-12)15(19)20-9-11-4-1-3-10-5-2-6-17-14(10)11/h1-8,18H,9H2. The summed E-state index contributed by atoms with van der Waals surface area (Å²) in [6.07, 6.45) is 3.26. The molecule has 4 nitrogen and oxygen atoms in total. The number of aromatic amines is 1. The number of carbonyl (C=O) groups is 1. The molecule has 2 heterocycles. The van der Waals surface area contributed by atoms with Gasteiger partial charge in [-0.3, -0.25) is 4.98 Å². The second kappa shape index (κ2) is 5.35. The van der Waals surface area contributed by atoms with Crippen molar-refractivity contribution in [2.75, 3.05) is 0 Å². The fraction of sp³-hybridized carbons (Fsp3) is 0.0667. The van der Waals surface area contributed by atoms with Crippen LogP contribution in [0.1, 0.15) is 16.1 Å². The quantitative estimate of drug-likeness (QED) is 0.749. The Bertz CT molecular complexity index is 762. The summed E-state index contributed by atoms with van der Waals surface area (Å²) in [5, 5.41) is 1.49. The van der Waals surface area contributed by atoms with Crippen LogP contribution in [0, 0.1) is 0 Å². The van der Waals surface area contributed by atoms with Crippen LogP contribution in [0.3, 0.4) is 0 Å². The van der Waals surface area contributed by atoms with Crippen molar-refractivity contribution in [3.05, 3.63) is 65.1 Å². The second-order valence-electron chi connectivity index (χ2n) is 4.30. The number of fused-ring (bicyclic) bond motifs is 1. The van der Waals surface area contributed by atoms with Gasteiger partial charge in [0, 0.05) is 23.3 Å². The smallest absolute Gasteiger partial charge is 0.355 e. The molecule has 0 unspecified atom stereocenters. The van der Waals surface area contributed by atoms with Gasteiger partial charge in [0.2, 0.25) is 0 Å². The topological polar surface area (TPSA) is 55.0 Å². The minimum atomic E-state index is -0.440. The average molecular weight is 287 g/mol. The molecule has 0 saturated carbocycles. The Kier molecular flexibility index (Phi) is 3.39. The highest BCUT2D eigenvalue weighted by atomic mass is 35.5. The van der Waals surface area contributed by atoms with Crippen molar-refractivity contribution >= 4 is 28.5 Å². The Labute approximate surface area is 120 Å². The summed E-state index contributed by atoms with van der Waals surface area (Å²) in [4.78, 5) is 18.9. The highest BCUT2D eigenvalue weighted by molar-refractivity contribution is 6.30. The molecule has 2 aromatic heterocycles. The molecule has 0 amide bonds. The van der Waals surface area contributed by atoms with E-state index in [2.05, 4.69) is 9.97 Å². The number of nitrogens with one attached hydrogen (secondary N) is 1. The molecule has 0 aliphatic heterocycles. The van der Waals surface area contributed by atoms with E-state index < -0.39 is 5.97 Å². The molecule has 0 atom stereocenters. The number of nitrogens with zero attached hydrogens (tertiary/aromatic N) is 1. The van der Waals surface area contributed by atoms with Gasteiger partial charge >= 0.3 is 5.97 Å². The maximum atomic E-state index is 11.8. The number of para-hydroxylation sites is 1. The number of ether oxygens (including phenoxy) is 1. The van der Waals surface area contributed by atoms with Crippen LogP contribution in [0.5, 0.6) is 0 Å². The molecule has 0 spiro atoms. The predicted molar refractivity (Wildman–Crippen MR) is 76.7 cm³/mol. The van der Waals surface area contributed by atoms with Gasteiger partial charge in [-0.15, -0.1) is 0 Å². The Morgan fingerprint density at radius 2 is 2.15 bits per heavy atom. The molecule has 0 aliphatic carbocycles. The lowest BCUT2D eigenvalue weighted by molar-refractivity contribution is 0.0468. The molecule has 0 bridgehead atoms. The van der Waals surface area contributed by atoms with E-state index in [1.54, 1.807) is 6.20 Å². The van der Waals surface area contributed by atoms with Crippen LogP contribution in [-0.2, 0) is 11.3 Å². The summed E-state index contributed by atoms with van der Waals surface area (Å²) in [6, 6.07) is 11.2. The van der Waals surface area contributed by atoms with E-state index in [0.29, 0.717) is 10.7 Å². The largest absolute Gasteiger partial charge is 0.456 e. The lowest BCUT2D eigenvalue weighted by Gasteiger charge is -2.06. The summed E-state index contributed by atoms with van der Waals surface area (Å²) in [5.74, 6) is -0.440. The van der Waals surface area contributed by atoms with E-state index in [0.717, 1.165) is 16.5 Å². The molecule has 20 heavy (non-hydrogen) atoms. The predicted octanol–water partition coefficient (Wildman–Crippen LogP) is 3.57. The summed E-state index contributed by atoms with van der Waals surface area (Å²) in [6.45, 7) is 0.170. The molecule has 1 aromatic carbocycles. The fourth-order valence-electron chi connectivity index (χ4n) is 1.99. The van der Waals surface area contributed by atoms with E-state index in [4.69, 9.17) is 16.3 Å². The molecule has 0 radical (unpaired) electrons. The molecule has 3 aromatic rings. The Morgan fingerprint density at radius 1 is 1.30 bits per heavy atom. The van der Waals surface area contributed by atoms with Gasteiger partial charge in [0.15, 0.2) is 0 Å². The summed E-state index contributed by atoms with van der Waals surface area (Å²) < 4.78 is 5.27. The Balaban J connectivity index is 1.79. The summed E-state index contributed by atoms with van der Waals surface area (Å²) >= 11 is 5.75. The van der Waals surface area contributed by atoms with Gasteiger partial charge in [-0.25, -0.2) is 4.79 Å². The number of pyridine rings is 1. The van der Waals surface area contributed by atoms with Crippen molar-refractivity contribution in [1.82, 2.24) is 9.97 Å². The highest BCUT2D eigenvalue weighted by Gasteiger charge is 2.11. The van der Waals surface area contributed by atoms with Crippen LogP contribution >= 0.6 is 11.6 Å². The van der Waals surface area contributed by atoms with Gasteiger partial charge < -0.3 is 9.72 Å². The molecule has 1 N–H and O–H groups in total. The number of carbonyl (C=O) groups excluding carboxylic acids is 1. The van der Waals surface area contributed by atoms with Gasteiger partial charge in [-0.2, -0.15) is 0 Å². The van der Waals surface area contributed by atoms with Crippen molar-refractivity contribution in [3.8, 4) is 0 Å². The summed E-state index contributed by atoms with van der Waals surface area (Å²) in [7, 11) is 0. The number of hydrogen-bond acceptors (Lipinski definition) is 3. The minimum absolute atomic E-state index is 0.170. The number of hydrogen-bond donors (Lipinski definition) is 1. The van der Waals surface area contributed by atoms with Crippen LogP contribution in [0.25, 0.3) is 10.9 Å². The van der Waals surface area contributed by atoms with Gasteiger partial charge in [0.05, 0.1) is 10.5 Å². The van der Waals surface area contributed by atoms with Gasteiger partial charge in [0.25, 0.3) is 0 Å². The van der Waals surface area contributed by atoms with Crippen LogP contribution < -0.4 is 0 Å². The van der Waals surface area contributed by atoms with E-state index in [1.165, 1.54) is 12.3 Å². The number of esters is 1. The molecule has 0 fully saturated rings. The molecule has 0 saturated heterocycles. The number of H-pyrrole nitrogens is 1. The molecule has 100 valence electrons. The first-order chi connectivity index (χ1) is 9.74. The lowest BCUT2D eigenvalue weighted by Crippen LogP contribution is -2.06. The third-order valence-corrected chi connectivity index (χ3v) is 3.16. The van der Waals surface area contributed by atoms with E-state index >= 15 is 0 Å². The zero-order valence-electron chi connectivity index (χ0n) is 10.5. The first kappa shape index (κ1) is 12.7. The first-order valence-electron chi connectivity index (χ1n) is 6.08. The highest BCUT2D eigenvalue weighted by Crippen LogP contribution is 2.17. The molecule has 5 heteroatoms. The number of halogens is 1. The maximum absolute atomic E-state index is 11.8. The fourth-order valence-corrected chi connectivity index (χ4v) is 2.15. The number of aromatic nitrogens is 2. The van der Waals surface area contributed by atoms with Crippen LogP contribution in [-0.4, -0.2) is 15.9 Å². The van der Waals surface area contributed by atoms with E-state index in [-0.39, 0.29) is 6.61 Å². The Morgan fingerprint density at radius 3 is 2.95 bits per heavy atom. The third-order valence-electron chi connectivity index (χ3n) is 2.94. The maximum Gasteiger partial charge on any atom is 0.355 e. The monoisotopic (exact) mass is 286 g/mol. The van der Waals surface area contributed by atoms with Crippen LogP contribution in [0.2, 0.25) is 5.02 Å². The van der Waals surface area contributed by atoms with Crippen LogP contribution in [0.15, 0.2) is 48.8 Å². The Hall–Kier alpha value is -2.33. The molecular weight excluding hydrogens is 276 g/mol. The number of rotatable bonds is 3. The van der Waals surface area contributed by atoms with Gasteiger partial charge in [-0.1, -0.05) is 35.9 Å². The average Bonchev–Trinajstić information content (AvgIpc) is 2.91. The van der Waals surface area contributed by atoms with Gasteiger partial charge in [0.1, 0.15) is 12.3 Å². The van der Waals surface area contributed by atoms with E-state index in [9.17, 15) is 4.79 Å². The summed E-state index contributed by atoms with van der Waals surface area (Å²) in [5.41, 5.74) is 2.05. The van der Waals surface area contributed by atoms with Crippen molar-refractivity contribution < 1.29 is 9.53 Å². The second-order valence-corrected chi connectivity index (χ2v) is 4.74. The molecule has 3 rings (SSSR count). The van der Waals surface area contributed by atoms with Crippen molar-refractivity contribution in [2.24, 2.45) is 0 Å². The minimum Gasteiger partial charge on any atom is -0.456 e. The van der Waals surface area contributed by atoms with Gasteiger partial charge in [-0.05, 0) is 12.1 Å². The zero-order valence-corrected chi connectivity index (χ0v) is 11.2. The van der Waals surface area contributed by atoms with Crippen LogP contribution in [0.4, 0.5) is 0 Å². The normalized spacial score (nSPS) is 10.7. The van der Waals surface area contributed by atoms with E-state index in [1.807, 2.05) is 30.3 Å². The number of benzene rings is 1. The van der Waals surface area contributed by atoms with Crippen molar-refractivity contribution in [2.45, 2.75) is 6.61 Å². The van der Waals surface area contributed by atoms with Crippen molar-refractivity contribution in [1.29, 1.82) is 0 Å². The third kappa shape index (κ3) is 2.51. The lowest BCUT2D eigenvalue weighted by atomic mass is 10.1. The van der Waals surface area contributed by atoms with Crippen molar-refractivity contribution in [3.63, 3.8) is 0 Å². The zero-order chi connectivity index (χ0) is 13.9.